The molecule has 0 amide bonds. The van der Waals surface area contributed by atoms with E-state index in [-0.39, 0.29) is 0 Å². The predicted octanol–water partition coefficient (Wildman–Crippen LogP) is 1.60. The maximum absolute atomic E-state index is 5.91. The highest BCUT2D eigenvalue weighted by molar-refractivity contribution is 4.69. The lowest BCUT2D eigenvalue weighted by Crippen LogP contribution is -2.37. The van der Waals surface area contributed by atoms with Gasteiger partial charge in [-0.1, -0.05) is 19.8 Å². The van der Waals surface area contributed by atoms with Gasteiger partial charge in [0.05, 0.1) is 0 Å². The zero-order chi connectivity index (χ0) is 8.81. The third-order valence-electron chi connectivity index (χ3n) is 2.72. The number of nitrogens with zero attached hydrogens (tertiary/aromatic N) is 1. The van der Waals surface area contributed by atoms with E-state index in [9.17, 15) is 0 Å². The van der Waals surface area contributed by atoms with Crippen LogP contribution in [0.5, 0.6) is 0 Å². The Balaban J connectivity index is 2.20. The van der Waals surface area contributed by atoms with Crippen LogP contribution in [-0.4, -0.2) is 30.6 Å². The maximum Gasteiger partial charge on any atom is 0.0165 e. The average Bonchev–Trinajstić information content (AvgIpc) is 2.33. The summed E-state index contributed by atoms with van der Waals surface area (Å²) < 4.78 is 0. The lowest BCUT2D eigenvalue weighted by atomic mass is 10.2. The molecule has 1 saturated heterocycles. The van der Waals surface area contributed by atoms with Gasteiger partial charge >= 0.3 is 0 Å². The van der Waals surface area contributed by atoms with Crippen LogP contribution in [0.3, 0.4) is 0 Å². The molecule has 2 heteroatoms. The van der Waals surface area contributed by atoms with Crippen LogP contribution in [0.15, 0.2) is 0 Å². The molecule has 72 valence electrons. The van der Waals surface area contributed by atoms with Gasteiger partial charge in [-0.15, -0.1) is 0 Å². The average molecular weight is 170 g/mol. The molecule has 0 spiro atoms. The van der Waals surface area contributed by atoms with Crippen LogP contribution in [0.4, 0.5) is 0 Å². The number of hydrogen-bond acceptors (Lipinski definition) is 2. The molecule has 2 nitrogen and oxygen atoms in total. The largest absolute Gasteiger partial charge is 0.327 e. The minimum absolute atomic E-state index is 0.392. The molecule has 0 radical (unpaired) electrons. The Morgan fingerprint density at radius 2 is 1.75 bits per heavy atom. The predicted molar refractivity (Wildman–Crippen MR) is 53.2 cm³/mol. The van der Waals surface area contributed by atoms with E-state index >= 15 is 0 Å². The van der Waals surface area contributed by atoms with Crippen LogP contribution < -0.4 is 5.73 Å². The van der Waals surface area contributed by atoms with Crippen LogP contribution in [0.1, 0.15) is 39.0 Å². The van der Waals surface area contributed by atoms with Crippen molar-refractivity contribution < 1.29 is 0 Å². The maximum atomic E-state index is 5.91. The van der Waals surface area contributed by atoms with Crippen LogP contribution in [0.25, 0.3) is 0 Å². The molecule has 0 aromatic heterocycles. The van der Waals surface area contributed by atoms with Crippen molar-refractivity contribution in [3.05, 3.63) is 0 Å². The molecule has 1 rings (SSSR count). The highest BCUT2D eigenvalue weighted by Gasteiger charge is 2.10. The molecule has 1 fully saturated rings. The van der Waals surface area contributed by atoms with Crippen molar-refractivity contribution in [2.45, 2.75) is 45.1 Å². The van der Waals surface area contributed by atoms with Crippen LogP contribution in [-0.2, 0) is 0 Å². The quantitative estimate of drug-likeness (QED) is 0.697. The summed E-state index contributed by atoms with van der Waals surface area (Å²) in [6.07, 6.45) is 6.68. The first-order valence-electron chi connectivity index (χ1n) is 5.31. The van der Waals surface area contributed by atoms with Gasteiger partial charge in [-0.05, 0) is 32.4 Å². The molecule has 1 atom stereocenters. The van der Waals surface area contributed by atoms with E-state index in [1.807, 2.05) is 0 Å². The van der Waals surface area contributed by atoms with E-state index in [4.69, 9.17) is 5.73 Å². The Kier molecular flexibility index (Phi) is 4.62. The molecule has 2 N–H and O–H groups in total. The highest BCUT2D eigenvalue weighted by atomic mass is 15.1. The third-order valence-corrected chi connectivity index (χ3v) is 2.72. The normalized spacial score (nSPS) is 23.5. The second-order valence-corrected chi connectivity index (χ2v) is 3.88. The first-order valence-corrected chi connectivity index (χ1v) is 5.31. The Bertz CT molecular complexity index is 106. The summed E-state index contributed by atoms with van der Waals surface area (Å²) >= 11 is 0. The van der Waals surface area contributed by atoms with Crippen molar-refractivity contribution in [2.75, 3.05) is 19.6 Å². The molecule has 0 bridgehead atoms. The molecule has 0 unspecified atom stereocenters. The van der Waals surface area contributed by atoms with Crippen LogP contribution in [0.2, 0.25) is 0 Å². The van der Waals surface area contributed by atoms with Crippen molar-refractivity contribution in [1.29, 1.82) is 0 Å². The van der Waals surface area contributed by atoms with Gasteiger partial charge in [0.1, 0.15) is 0 Å². The summed E-state index contributed by atoms with van der Waals surface area (Å²) in [5.74, 6) is 0. The lowest BCUT2D eigenvalue weighted by Gasteiger charge is -2.22. The Hall–Kier alpha value is -0.0800. The summed E-state index contributed by atoms with van der Waals surface area (Å²) in [7, 11) is 0. The van der Waals surface area contributed by atoms with Gasteiger partial charge in [-0.2, -0.15) is 0 Å². The summed E-state index contributed by atoms with van der Waals surface area (Å²) in [5, 5.41) is 0. The second kappa shape index (κ2) is 5.55. The fourth-order valence-corrected chi connectivity index (χ4v) is 1.78. The van der Waals surface area contributed by atoms with Crippen molar-refractivity contribution in [2.24, 2.45) is 5.73 Å². The van der Waals surface area contributed by atoms with E-state index in [1.54, 1.807) is 0 Å². The smallest absolute Gasteiger partial charge is 0.0165 e. The van der Waals surface area contributed by atoms with Crippen molar-refractivity contribution >= 4 is 0 Å². The fourth-order valence-electron chi connectivity index (χ4n) is 1.78. The monoisotopic (exact) mass is 170 g/mol. The number of likely N-dealkylation sites (tertiary alicyclic amines) is 1. The van der Waals surface area contributed by atoms with Gasteiger partial charge in [0, 0.05) is 12.6 Å². The Morgan fingerprint density at radius 3 is 2.25 bits per heavy atom. The van der Waals surface area contributed by atoms with Crippen LogP contribution >= 0.6 is 0 Å². The molecule has 1 heterocycles. The van der Waals surface area contributed by atoms with Gasteiger partial charge in [-0.25, -0.2) is 0 Å². The molecule has 1 aliphatic rings. The zero-order valence-electron chi connectivity index (χ0n) is 8.26. The van der Waals surface area contributed by atoms with Gasteiger partial charge in [0.2, 0.25) is 0 Å². The molecule has 0 aromatic rings. The van der Waals surface area contributed by atoms with E-state index < -0.39 is 0 Å². The molecule has 0 aliphatic carbocycles. The van der Waals surface area contributed by atoms with E-state index in [0.29, 0.717) is 6.04 Å². The van der Waals surface area contributed by atoms with Crippen LogP contribution in [0, 0.1) is 0 Å². The lowest BCUT2D eigenvalue weighted by molar-refractivity contribution is 0.264. The van der Waals surface area contributed by atoms with E-state index in [1.165, 1.54) is 38.8 Å². The third kappa shape index (κ3) is 3.55. The molecular weight excluding hydrogens is 148 g/mol. The molecule has 1 aliphatic heterocycles. The van der Waals surface area contributed by atoms with Crippen molar-refractivity contribution in [1.82, 2.24) is 4.90 Å². The van der Waals surface area contributed by atoms with E-state index in [2.05, 4.69) is 11.8 Å². The molecule has 0 aromatic carbocycles. The SMILES string of the molecule is CC[C@H](N)CN1CCCCCC1. The number of rotatable bonds is 3. The zero-order valence-corrected chi connectivity index (χ0v) is 8.26. The number of nitrogens with two attached hydrogens (primary N) is 1. The van der Waals surface area contributed by atoms with E-state index in [0.717, 1.165) is 13.0 Å². The van der Waals surface area contributed by atoms with Gasteiger partial charge in [0.25, 0.3) is 0 Å². The minimum atomic E-state index is 0.392. The summed E-state index contributed by atoms with van der Waals surface area (Å²) in [6, 6.07) is 0.392. The minimum Gasteiger partial charge on any atom is -0.327 e. The first kappa shape index (κ1) is 10.0. The second-order valence-electron chi connectivity index (χ2n) is 3.88. The van der Waals surface area contributed by atoms with Gasteiger partial charge in [0.15, 0.2) is 0 Å². The summed E-state index contributed by atoms with van der Waals surface area (Å²) in [6.45, 7) is 5.82. The fraction of sp³-hybridized carbons (Fsp3) is 1.00. The Morgan fingerprint density at radius 1 is 1.17 bits per heavy atom. The first-order chi connectivity index (χ1) is 5.83. The Labute approximate surface area is 76.1 Å². The van der Waals surface area contributed by atoms with Gasteiger partial charge in [-0.3, -0.25) is 0 Å². The standard InChI is InChI=1S/C10H22N2/c1-2-10(11)9-12-7-5-3-4-6-8-12/h10H,2-9,11H2,1H3/t10-/m0/s1. The topological polar surface area (TPSA) is 29.3 Å². The van der Waals surface area contributed by atoms with Crippen molar-refractivity contribution in [3.63, 3.8) is 0 Å². The summed E-state index contributed by atoms with van der Waals surface area (Å²) in [4.78, 5) is 2.53. The number of hydrogen-bond donors (Lipinski definition) is 1. The molecule has 12 heavy (non-hydrogen) atoms. The van der Waals surface area contributed by atoms with Crippen molar-refractivity contribution in [3.8, 4) is 0 Å². The molecule has 0 saturated carbocycles. The summed E-state index contributed by atoms with van der Waals surface area (Å²) in [5.41, 5.74) is 5.91. The molecular formula is C10H22N2. The van der Waals surface area contributed by atoms with Gasteiger partial charge < -0.3 is 10.6 Å². The highest BCUT2D eigenvalue weighted by Crippen LogP contribution is 2.09.